The molecule has 0 amide bonds. The minimum absolute atomic E-state index is 0.340. The summed E-state index contributed by atoms with van der Waals surface area (Å²) in [7, 11) is 1.94. The molecule has 2 heterocycles. The van der Waals surface area contributed by atoms with Gasteiger partial charge in [0.15, 0.2) is 0 Å². The van der Waals surface area contributed by atoms with Crippen LogP contribution in [0.3, 0.4) is 0 Å². The number of aromatic nitrogens is 3. The quantitative estimate of drug-likeness (QED) is 0.860. The summed E-state index contributed by atoms with van der Waals surface area (Å²) in [6.07, 6.45) is 4.93. The summed E-state index contributed by atoms with van der Waals surface area (Å²) in [5, 5.41) is 9.72. The van der Waals surface area contributed by atoms with Crippen molar-refractivity contribution in [3.8, 4) is 0 Å². The molecule has 0 radical (unpaired) electrons. The molecular weight excluding hydrogens is 220 g/mol. The number of rotatable bonds is 5. The van der Waals surface area contributed by atoms with E-state index in [0.29, 0.717) is 6.04 Å². The van der Waals surface area contributed by atoms with Gasteiger partial charge in [-0.1, -0.05) is 0 Å². The number of nitrogens with zero attached hydrogens (tertiary/aromatic N) is 3. The first kappa shape index (κ1) is 11.3. The van der Waals surface area contributed by atoms with Gasteiger partial charge in [0.2, 0.25) is 0 Å². The third-order valence-corrected chi connectivity index (χ3v) is 3.18. The average molecular weight is 236 g/mol. The van der Waals surface area contributed by atoms with Crippen molar-refractivity contribution in [1.29, 1.82) is 0 Å². The Hall–Kier alpha value is -1.20. The number of nitrogens with one attached hydrogen (secondary N) is 1. The molecule has 4 nitrogen and oxygen atoms in total. The van der Waals surface area contributed by atoms with E-state index in [1.807, 2.05) is 29.6 Å². The maximum absolute atomic E-state index is 4.25. The van der Waals surface area contributed by atoms with Crippen molar-refractivity contribution in [2.75, 3.05) is 6.54 Å². The first-order valence-electron chi connectivity index (χ1n) is 5.34. The Morgan fingerprint density at radius 1 is 1.56 bits per heavy atom. The second-order valence-electron chi connectivity index (χ2n) is 3.85. The van der Waals surface area contributed by atoms with Crippen molar-refractivity contribution in [2.24, 2.45) is 7.05 Å². The van der Waals surface area contributed by atoms with E-state index in [1.165, 1.54) is 5.56 Å². The lowest BCUT2D eigenvalue weighted by molar-refractivity contribution is 0.574. The van der Waals surface area contributed by atoms with Crippen LogP contribution in [0.15, 0.2) is 23.3 Å². The molecule has 16 heavy (non-hydrogen) atoms. The largest absolute Gasteiger partial charge is 0.310 e. The molecular formula is C11H16N4S. The van der Waals surface area contributed by atoms with Gasteiger partial charge < -0.3 is 5.32 Å². The smallest absolute Gasteiger partial charge is 0.0794 e. The van der Waals surface area contributed by atoms with Crippen molar-refractivity contribution < 1.29 is 0 Å². The predicted molar refractivity (Wildman–Crippen MR) is 65.4 cm³/mol. The number of hydrogen-bond donors (Lipinski definition) is 1. The summed E-state index contributed by atoms with van der Waals surface area (Å²) in [6.45, 7) is 3.10. The molecule has 0 bridgehead atoms. The van der Waals surface area contributed by atoms with Crippen LogP contribution < -0.4 is 5.32 Å². The van der Waals surface area contributed by atoms with Gasteiger partial charge in [-0.15, -0.1) is 11.3 Å². The highest BCUT2D eigenvalue weighted by molar-refractivity contribution is 7.07. The molecule has 0 aliphatic carbocycles. The fourth-order valence-electron chi connectivity index (χ4n) is 1.56. The Kier molecular flexibility index (Phi) is 3.69. The maximum atomic E-state index is 4.25. The molecule has 0 saturated carbocycles. The van der Waals surface area contributed by atoms with Gasteiger partial charge in [-0.05, 0) is 6.92 Å². The molecule has 1 N–H and O–H groups in total. The van der Waals surface area contributed by atoms with E-state index in [4.69, 9.17) is 0 Å². The minimum Gasteiger partial charge on any atom is -0.310 e. The second kappa shape index (κ2) is 5.23. The van der Waals surface area contributed by atoms with E-state index < -0.39 is 0 Å². The highest BCUT2D eigenvalue weighted by atomic mass is 32.1. The van der Waals surface area contributed by atoms with E-state index >= 15 is 0 Å². The SMILES string of the molecule is CC(NCCc1cscn1)c1cnn(C)c1. The molecule has 2 aromatic rings. The molecule has 1 unspecified atom stereocenters. The van der Waals surface area contributed by atoms with E-state index in [1.54, 1.807) is 11.3 Å². The van der Waals surface area contributed by atoms with Crippen molar-refractivity contribution in [1.82, 2.24) is 20.1 Å². The van der Waals surface area contributed by atoms with Crippen LogP contribution in [0.25, 0.3) is 0 Å². The molecule has 0 saturated heterocycles. The zero-order chi connectivity index (χ0) is 11.4. The van der Waals surface area contributed by atoms with Crippen LogP contribution in [0.2, 0.25) is 0 Å². The van der Waals surface area contributed by atoms with Crippen LogP contribution in [0.5, 0.6) is 0 Å². The van der Waals surface area contributed by atoms with Gasteiger partial charge >= 0.3 is 0 Å². The number of hydrogen-bond acceptors (Lipinski definition) is 4. The Morgan fingerprint density at radius 3 is 3.06 bits per heavy atom. The summed E-state index contributed by atoms with van der Waals surface area (Å²) in [5.41, 5.74) is 4.26. The summed E-state index contributed by atoms with van der Waals surface area (Å²) in [6, 6.07) is 0.340. The van der Waals surface area contributed by atoms with E-state index in [-0.39, 0.29) is 0 Å². The zero-order valence-electron chi connectivity index (χ0n) is 9.55. The van der Waals surface area contributed by atoms with E-state index in [9.17, 15) is 0 Å². The van der Waals surface area contributed by atoms with Crippen molar-refractivity contribution in [2.45, 2.75) is 19.4 Å². The third kappa shape index (κ3) is 2.90. The van der Waals surface area contributed by atoms with Crippen molar-refractivity contribution in [3.63, 3.8) is 0 Å². The van der Waals surface area contributed by atoms with Crippen LogP contribution in [0.1, 0.15) is 24.2 Å². The molecule has 86 valence electrons. The van der Waals surface area contributed by atoms with Crippen molar-refractivity contribution >= 4 is 11.3 Å². The van der Waals surface area contributed by atoms with Gasteiger partial charge in [0.05, 0.1) is 17.4 Å². The van der Waals surface area contributed by atoms with Gasteiger partial charge in [0.25, 0.3) is 0 Å². The minimum atomic E-state index is 0.340. The highest BCUT2D eigenvalue weighted by Gasteiger charge is 2.06. The number of thiazole rings is 1. The van der Waals surface area contributed by atoms with Crippen LogP contribution >= 0.6 is 11.3 Å². The maximum Gasteiger partial charge on any atom is 0.0794 e. The first-order valence-corrected chi connectivity index (χ1v) is 6.29. The molecule has 0 fully saturated rings. The summed E-state index contributed by atoms with van der Waals surface area (Å²) < 4.78 is 1.83. The van der Waals surface area contributed by atoms with Gasteiger partial charge in [0.1, 0.15) is 0 Å². The lowest BCUT2D eigenvalue weighted by Gasteiger charge is -2.10. The van der Waals surface area contributed by atoms with Crippen LogP contribution in [0.4, 0.5) is 0 Å². The molecule has 2 aromatic heterocycles. The van der Waals surface area contributed by atoms with Crippen LogP contribution in [-0.2, 0) is 13.5 Å². The predicted octanol–water partition coefficient (Wildman–Crippen LogP) is 1.77. The zero-order valence-corrected chi connectivity index (χ0v) is 10.4. The fourth-order valence-corrected chi connectivity index (χ4v) is 2.15. The third-order valence-electron chi connectivity index (χ3n) is 2.54. The average Bonchev–Trinajstić information content (AvgIpc) is 2.89. The summed E-state index contributed by atoms with van der Waals surface area (Å²) in [4.78, 5) is 4.25. The Bertz CT molecular complexity index is 421. The Labute approximate surface area is 99.3 Å². The number of aryl methyl sites for hydroxylation is 1. The summed E-state index contributed by atoms with van der Waals surface area (Å²) in [5.74, 6) is 0. The Morgan fingerprint density at radius 2 is 2.44 bits per heavy atom. The molecule has 5 heteroatoms. The molecule has 0 aliphatic rings. The molecule has 1 atom stereocenters. The second-order valence-corrected chi connectivity index (χ2v) is 4.57. The molecule has 2 rings (SSSR count). The van der Waals surface area contributed by atoms with Crippen LogP contribution in [0, 0.1) is 0 Å². The normalized spacial score (nSPS) is 12.9. The van der Waals surface area contributed by atoms with E-state index in [2.05, 4.69) is 27.7 Å². The van der Waals surface area contributed by atoms with E-state index in [0.717, 1.165) is 18.7 Å². The lowest BCUT2D eigenvalue weighted by atomic mass is 10.2. The van der Waals surface area contributed by atoms with Gasteiger partial charge in [-0.25, -0.2) is 4.98 Å². The standard InChI is InChI=1S/C11H16N4S/c1-9(10-5-14-15(2)6-10)12-4-3-11-7-16-8-13-11/h5-9,12H,3-4H2,1-2H3. The molecule has 0 aliphatic heterocycles. The van der Waals surface area contributed by atoms with Gasteiger partial charge in [-0.2, -0.15) is 5.10 Å². The van der Waals surface area contributed by atoms with Crippen molar-refractivity contribution in [3.05, 3.63) is 34.5 Å². The van der Waals surface area contributed by atoms with Crippen LogP contribution in [-0.4, -0.2) is 21.3 Å². The lowest BCUT2D eigenvalue weighted by Crippen LogP contribution is -2.21. The highest BCUT2D eigenvalue weighted by Crippen LogP contribution is 2.10. The Balaban J connectivity index is 1.78. The van der Waals surface area contributed by atoms with Gasteiger partial charge in [-0.3, -0.25) is 4.68 Å². The summed E-state index contributed by atoms with van der Waals surface area (Å²) >= 11 is 1.65. The molecule has 0 spiro atoms. The first-order chi connectivity index (χ1) is 7.75. The van der Waals surface area contributed by atoms with Gasteiger partial charge in [0, 0.05) is 43.2 Å². The fraction of sp³-hybridized carbons (Fsp3) is 0.455. The monoisotopic (exact) mass is 236 g/mol. The molecule has 0 aromatic carbocycles. The topological polar surface area (TPSA) is 42.7 Å².